The number of nitrogens with zero attached hydrogens (tertiary/aromatic N) is 1. The van der Waals surface area contributed by atoms with Gasteiger partial charge < -0.3 is 21.7 Å². The predicted octanol–water partition coefficient (Wildman–Crippen LogP) is -0.167. The highest BCUT2D eigenvalue weighted by molar-refractivity contribution is 5.81. The summed E-state index contributed by atoms with van der Waals surface area (Å²) in [5.74, 6) is -0.993. The number of piperazine rings is 1. The molecule has 2 amide bonds. The topological polar surface area (TPSA) is 101 Å². The van der Waals surface area contributed by atoms with Gasteiger partial charge in [0.15, 0.2) is 0 Å². The van der Waals surface area contributed by atoms with Gasteiger partial charge in [0.2, 0.25) is 11.8 Å². The molecule has 6 nitrogen and oxygen atoms in total. The highest BCUT2D eigenvalue weighted by atomic mass is 16.2. The van der Waals surface area contributed by atoms with Crippen LogP contribution in [-0.2, 0) is 9.59 Å². The molecular weight excluding hydrogens is 256 g/mol. The first-order chi connectivity index (χ1) is 9.59. The van der Waals surface area contributed by atoms with Crippen molar-refractivity contribution in [1.82, 2.24) is 5.32 Å². The lowest BCUT2D eigenvalue weighted by Gasteiger charge is -2.29. The number of hydrogen-bond donors (Lipinski definition) is 3. The first kappa shape index (κ1) is 16.0. The van der Waals surface area contributed by atoms with Crippen LogP contribution in [0.5, 0.6) is 0 Å². The number of carbonyl (C=O) groups excluding carboxylic acids is 2. The van der Waals surface area contributed by atoms with Gasteiger partial charge in [-0.2, -0.15) is 0 Å². The second-order valence-corrected chi connectivity index (χ2v) is 4.51. The molecule has 1 aliphatic rings. The fourth-order valence-electron chi connectivity index (χ4n) is 1.81. The van der Waals surface area contributed by atoms with Gasteiger partial charge in [-0.15, -0.1) is 0 Å². The smallest absolute Gasteiger partial charge is 0.217 e. The summed E-state index contributed by atoms with van der Waals surface area (Å²) in [4.78, 5) is 22.2. The molecule has 0 aromatic heterocycles. The maximum Gasteiger partial charge on any atom is 0.217 e. The molecule has 1 heterocycles. The van der Waals surface area contributed by atoms with Crippen LogP contribution in [0.25, 0.3) is 0 Å². The van der Waals surface area contributed by atoms with Crippen molar-refractivity contribution in [1.29, 1.82) is 0 Å². The minimum atomic E-state index is -0.496. The standard InChI is InChI=1S/C10H14N2.C4H8N2O2/c1-2-4-10(5-3-1)12-8-6-11-7-9-12;5-3(7)1-2-4(6)8/h1-5,11H,6-9H2;1-2H2,(H2,5,7)(H2,6,8). The first-order valence-electron chi connectivity index (χ1n) is 6.67. The maximum absolute atomic E-state index is 9.92. The summed E-state index contributed by atoms with van der Waals surface area (Å²) in [5.41, 5.74) is 10.7. The molecular formula is C14H22N4O2. The van der Waals surface area contributed by atoms with E-state index in [4.69, 9.17) is 11.5 Å². The average Bonchev–Trinajstić information content (AvgIpc) is 2.48. The van der Waals surface area contributed by atoms with Crippen LogP contribution in [0.2, 0.25) is 0 Å². The zero-order valence-corrected chi connectivity index (χ0v) is 11.5. The number of nitrogens with two attached hydrogens (primary N) is 2. The van der Waals surface area contributed by atoms with Crippen LogP contribution in [0.4, 0.5) is 5.69 Å². The third-order valence-corrected chi connectivity index (χ3v) is 2.86. The van der Waals surface area contributed by atoms with E-state index in [9.17, 15) is 9.59 Å². The summed E-state index contributed by atoms with van der Waals surface area (Å²) in [7, 11) is 0. The van der Waals surface area contributed by atoms with Crippen LogP contribution in [-0.4, -0.2) is 38.0 Å². The summed E-state index contributed by atoms with van der Waals surface area (Å²) in [6.45, 7) is 4.47. The van der Waals surface area contributed by atoms with Crippen LogP contribution in [0.15, 0.2) is 30.3 Å². The molecule has 0 aliphatic carbocycles. The molecule has 1 aliphatic heterocycles. The molecule has 0 unspecified atom stereocenters. The van der Waals surface area contributed by atoms with E-state index < -0.39 is 11.8 Å². The fourth-order valence-corrected chi connectivity index (χ4v) is 1.81. The van der Waals surface area contributed by atoms with Crippen molar-refractivity contribution in [2.24, 2.45) is 11.5 Å². The molecule has 6 heteroatoms. The van der Waals surface area contributed by atoms with Gasteiger partial charge in [0.25, 0.3) is 0 Å². The first-order valence-corrected chi connectivity index (χ1v) is 6.67. The second-order valence-electron chi connectivity index (χ2n) is 4.51. The van der Waals surface area contributed by atoms with E-state index in [1.165, 1.54) is 5.69 Å². The Kier molecular flexibility index (Phi) is 7.13. The monoisotopic (exact) mass is 278 g/mol. The molecule has 1 aromatic carbocycles. The molecule has 1 saturated heterocycles. The van der Waals surface area contributed by atoms with Gasteiger partial charge in [-0.25, -0.2) is 0 Å². The van der Waals surface area contributed by atoms with Gasteiger partial charge in [-0.05, 0) is 12.1 Å². The Morgan fingerprint density at radius 2 is 1.50 bits per heavy atom. The van der Waals surface area contributed by atoms with Crippen molar-refractivity contribution < 1.29 is 9.59 Å². The van der Waals surface area contributed by atoms with E-state index in [-0.39, 0.29) is 12.8 Å². The maximum atomic E-state index is 9.92. The number of hydrogen-bond acceptors (Lipinski definition) is 4. The van der Waals surface area contributed by atoms with Crippen molar-refractivity contribution in [3.05, 3.63) is 30.3 Å². The largest absolute Gasteiger partial charge is 0.370 e. The Balaban J connectivity index is 0.000000221. The minimum absolute atomic E-state index is 0.0509. The number of benzene rings is 1. The molecule has 0 bridgehead atoms. The normalized spacial score (nSPS) is 14.1. The zero-order valence-electron chi connectivity index (χ0n) is 11.5. The van der Waals surface area contributed by atoms with Gasteiger partial charge >= 0.3 is 0 Å². The Labute approximate surface area is 119 Å². The highest BCUT2D eigenvalue weighted by Gasteiger charge is 2.08. The predicted molar refractivity (Wildman–Crippen MR) is 79.1 cm³/mol. The third kappa shape index (κ3) is 6.75. The van der Waals surface area contributed by atoms with Gasteiger partial charge in [0.1, 0.15) is 0 Å². The van der Waals surface area contributed by atoms with Crippen LogP contribution in [0.3, 0.4) is 0 Å². The fraction of sp³-hybridized carbons (Fsp3) is 0.429. The molecule has 1 aromatic rings. The second kappa shape index (κ2) is 8.92. The Morgan fingerprint density at radius 3 is 1.95 bits per heavy atom. The lowest BCUT2D eigenvalue weighted by molar-refractivity contribution is -0.123. The number of rotatable bonds is 4. The van der Waals surface area contributed by atoms with E-state index in [0.29, 0.717) is 0 Å². The zero-order chi connectivity index (χ0) is 14.8. The number of amides is 2. The van der Waals surface area contributed by atoms with E-state index in [2.05, 4.69) is 40.5 Å². The van der Waals surface area contributed by atoms with Crippen LogP contribution in [0, 0.1) is 0 Å². The number of primary amides is 2. The molecule has 0 spiro atoms. The molecule has 20 heavy (non-hydrogen) atoms. The van der Waals surface area contributed by atoms with Gasteiger partial charge in [0, 0.05) is 44.7 Å². The Bertz CT molecular complexity index is 402. The lowest BCUT2D eigenvalue weighted by atomic mass is 10.2. The lowest BCUT2D eigenvalue weighted by Crippen LogP contribution is -2.43. The minimum Gasteiger partial charge on any atom is -0.370 e. The van der Waals surface area contributed by atoms with E-state index in [0.717, 1.165) is 26.2 Å². The van der Waals surface area contributed by atoms with Crippen LogP contribution in [0.1, 0.15) is 12.8 Å². The van der Waals surface area contributed by atoms with Crippen molar-refractivity contribution in [2.75, 3.05) is 31.1 Å². The number of carbonyl (C=O) groups is 2. The van der Waals surface area contributed by atoms with E-state index in [1.54, 1.807) is 0 Å². The van der Waals surface area contributed by atoms with Crippen molar-refractivity contribution in [2.45, 2.75) is 12.8 Å². The molecule has 5 N–H and O–H groups in total. The summed E-state index contributed by atoms with van der Waals surface area (Å²) >= 11 is 0. The summed E-state index contributed by atoms with van der Waals surface area (Å²) in [5, 5.41) is 3.34. The number of anilines is 1. The molecule has 0 saturated carbocycles. The van der Waals surface area contributed by atoms with E-state index >= 15 is 0 Å². The van der Waals surface area contributed by atoms with E-state index in [1.807, 2.05) is 0 Å². The van der Waals surface area contributed by atoms with Crippen molar-refractivity contribution in [3.63, 3.8) is 0 Å². The van der Waals surface area contributed by atoms with Crippen molar-refractivity contribution >= 4 is 17.5 Å². The highest BCUT2D eigenvalue weighted by Crippen LogP contribution is 2.12. The molecule has 0 atom stereocenters. The van der Waals surface area contributed by atoms with Crippen LogP contribution < -0.4 is 21.7 Å². The molecule has 2 rings (SSSR count). The van der Waals surface area contributed by atoms with Gasteiger partial charge in [-0.3, -0.25) is 9.59 Å². The molecule has 0 radical (unpaired) electrons. The number of para-hydroxylation sites is 1. The Morgan fingerprint density at radius 1 is 1.00 bits per heavy atom. The van der Waals surface area contributed by atoms with Gasteiger partial charge in [-0.1, -0.05) is 18.2 Å². The molecule has 110 valence electrons. The summed E-state index contributed by atoms with van der Waals surface area (Å²) in [6, 6.07) is 10.6. The average molecular weight is 278 g/mol. The third-order valence-electron chi connectivity index (χ3n) is 2.86. The quantitative estimate of drug-likeness (QED) is 0.712. The summed E-state index contributed by atoms with van der Waals surface area (Å²) < 4.78 is 0. The SMILES string of the molecule is NC(=O)CCC(N)=O.c1ccc(N2CCNCC2)cc1. The van der Waals surface area contributed by atoms with Crippen LogP contribution >= 0.6 is 0 Å². The summed E-state index contributed by atoms with van der Waals surface area (Å²) in [6.07, 6.45) is 0.102. The number of nitrogens with one attached hydrogen (secondary N) is 1. The Hall–Kier alpha value is -2.08. The van der Waals surface area contributed by atoms with Gasteiger partial charge in [0.05, 0.1) is 0 Å². The van der Waals surface area contributed by atoms with Crippen molar-refractivity contribution in [3.8, 4) is 0 Å². The molecule has 1 fully saturated rings.